The van der Waals surface area contributed by atoms with E-state index in [0.717, 1.165) is 25.3 Å². The molecule has 16 heavy (non-hydrogen) atoms. The summed E-state index contributed by atoms with van der Waals surface area (Å²) in [5.74, 6) is 1.04. The molecule has 1 aromatic carbocycles. The smallest absolute Gasteiger partial charge is 0.107 e. The first kappa shape index (κ1) is 10.9. The van der Waals surface area contributed by atoms with Crippen molar-refractivity contribution in [2.75, 3.05) is 6.54 Å². The Labute approximate surface area is 95.9 Å². The summed E-state index contributed by atoms with van der Waals surface area (Å²) in [5, 5.41) is 3.42. The van der Waals surface area contributed by atoms with Crippen LogP contribution in [0.3, 0.4) is 0 Å². The quantitative estimate of drug-likeness (QED) is 0.749. The van der Waals surface area contributed by atoms with Crippen LogP contribution >= 0.6 is 0 Å². The maximum atomic E-state index is 4.18. The summed E-state index contributed by atoms with van der Waals surface area (Å²) in [4.78, 5) is 7.28. The van der Waals surface area contributed by atoms with Crippen LogP contribution < -0.4 is 5.32 Å². The number of nitrogens with one attached hydrogen (secondary N) is 2. The van der Waals surface area contributed by atoms with Crippen LogP contribution in [0.25, 0.3) is 0 Å². The number of benzene rings is 1. The zero-order chi connectivity index (χ0) is 11.2. The minimum absolute atomic E-state index is 0.924. The topological polar surface area (TPSA) is 40.7 Å². The van der Waals surface area contributed by atoms with Gasteiger partial charge in [0.25, 0.3) is 0 Å². The molecule has 0 radical (unpaired) electrons. The molecule has 1 heterocycles. The summed E-state index contributed by atoms with van der Waals surface area (Å²) in [7, 11) is 0. The van der Waals surface area contributed by atoms with Crippen LogP contribution in [0.1, 0.15) is 17.0 Å². The van der Waals surface area contributed by atoms with Gasteiger partial charge in [0.1, 0.15) is 5.82 Å². The Morgan fingerprint density at radius 2 is 2.19 bits per heavy atom. The normalized spacial score (nSPS) is 10.6. The summed E-state index contributed by atoms with van der Waals surface area (Å²) < 4.78 is 0. The number of rotatable bonds is 5. The van der Waals surface area contributed by atoms with E-state index >= 15 is 0 Å². The van der Waals surface area contributed by atoms with E-state index in [1.807, 2.05) is 6.20 Å². The first-order valence-electron chi connectivity index (χ1n) is 5.60. The lowest BCUT2D eigenvalue weighted by molar-refractivity contribution is 0.672. The first-order valence-corrected chi connectivity index (χ1v) is 5.60. The molecule has 84 valence electrons. The Bertz CT molecular complexity index is 421. The van der Waals surface area contributed by atoms with E-state index in [-0.39, 0.29) is 0 Å². The molecule has 2 rings (SSSR count). The number of nitrogens with zero attached hydrogens (tertiary/aromatic N) is 1. The average Bonchev–Trinajstić information content (AvgIpc) is 2.79. The molecule has 0 amide bonds. The van der Waals surface area contributed by atoms with E-state index in [1.165, 1.54) is 11.1 Å². The van der Waals surface area contributed by atoms with Gasteiger partial charge in [-0.3, -0.25) is 0 Å². The van der Waals surface area contributed by atoms with Crippen LogP contribution in [0.15, 0.2) is 36.7 Å². The highest BCUT2D eigenvalue weighted by atomic mass is 14.9. The van der Waals surface area contributed by atoms with E-state index in [1.54, 1.807) is 6.20 Å². The average molecular weight is 215 g/mol. The molecule has 3 heteroatoms. The van der Waals surface area contributed by atoms with Crippen LogP contribution in [-0.2, 0) is 13.0 Å². The summed E-state index contributed by atoms with van der Waals surface area (Å²) >= 11 is 0. The maximum Gasteiger partial charge on any atom is 0.107 e. The molecule has 3 nitrogen and oxygen atoms in total. The van der Waals surface area contributed by atoms with Gasteiger partial charge in [0.15, 0.2) is 0 Å². The van der Waals surface area contributed by atoms with E-state index in [9.17, 15) is 0 Å². The monoisotopic (exact) mass is 215 g/mol. The Morgan fingerprint density at radius 3 is 2.94 bits per heavy atom. The maximum absolute atomic E-state index is 4.18. The van der Waals surface area contributed by atoms with Gasteiger partial charge in [-0.2, -0.15) is 0 Å². The molecular formula is C13H17N3. The standard InChI is InChI=1S/C13H17N3/c1-11-4-2-3-5-12(11)10-14-7-6-13-15-8-9-16-13/h2-5,8-9,14H,6-7,10H2,1H3,(H,15,16). The molecule has 0 saturated carbocycles. The minimum atomic E-state index is 0.924. The van der Waals surface area contributed by atoms with Crippen LogP contribution in [0.5, 0.6) is 0 Å². The van der Waals surface area contributed by atoms with Crippen molar-refractivity contribution in [2.24, 2.45) is 0 Å². The van der Waals surface area contributed by atoms with Crippen LogP contribution in [-0.4, -0.2) is 16.5 Å². The lowest BCUT2D eigenvalue weighted by Gasteiger charge is -2.06. The largest absolute Gasteiger partial charge is 0.349 e. The van der Waals surface area contributed by atoms with Gasteiger partial charge in [0.2, 0.25) is 0 Å². The second-order valence-electron chi connectivity index (χ2n) is 3.89. The zero-order valence-electron chi connectivity index (χ0n) is 9.53. The molecular weight excluding hydrogens is 198 g/mol. The second-order valence-corrected chi connectivity index (χ2v) is 3.89. The SMILES string of the molecule is Cc1ccccc1CNCCc1ncc[nH]1. The summed E-state index contributed by atoms with van der Waals surface area (Å²) in [5.41, 5.74) is 2.70. The first-order chi connectivity index (χ1) is 7.86. The number of H-pyrrole nitrogens is 1. The second kappa shape index (κ2) is 5.47. The van der Waals surface area contributed by atoms with Crippen molar-refractivity contribution in [3.05, 3.63) is 53.6 Å². The van der Waals surface area contributed by atoms with Crippen molar-refractivity contribution < 1.29 is 0 Å². The van der Waals surface area contributed by atoms with Gasteiger partial charge < -0.3 is 10.3 Å². The van der Waals surface area contributed by atoms with Gasteiger partial charge in [-0.05, 0) is 18.1 Å². The van der Waals surface area contributed by atoms with Crippen molar-refractivity contribution >= 4 is 0 Å². The van der Waals surface area contributed by atoms with Gasteiger partial charge >= 0.3 is 0 Å². The molecule has 2 N–H and O–H groups in total. The van der Waals surface area contributed by atoms with Crippen molar-refractivity contribution in [3.8, 4) is 0 Å². The highest BCUT2D eigenvalue weighted by Crippen LogP contribution is 2.05. The summed E-state index contributed by atoms with van der Waals surface area (Å²) in [6.07, 6.45) is 4.59. The van der Waals surface area contributed by atoms with E-state index in [2.05, 4.69) is 46.5 Å². The van der Waals surface area contributed by atoms with Crippen LogP contribution in [0, 0.1) is 6.92 Å². The molecule has 2 aromatic rings. The molecule has 1 aromatic heterocycles. The lowest BCUT2D eigenvalue weighted by atomic mass is 10.1. The van der Waals surface area contributed by atoms with Gasteiger partial charge in [0.05, 0.1) is 0 Å². The zero-order valence-corrected chi connectivity index (χ0v) is 9.53. The number of aromatic nitrogens is 2. The predicted molar refractivity (Wildman–Crippen MR) is 65.2 cm³/mol. The van der Waals surface area contributed by atoms with Gasteiger partial charge in [-0.25, -0.2) is 4.98 Å². The highest BCUT2D eigenvalue weighted by Gasteiger charge is 1.97. The molecule has 0 aliphatic rings. The van der Waals surface area contributed by atoms with Gasteiger partial charge in [-0.15, -0.1) is 0 Å². The fraction of sp³-hybridized carbons (Fsp3) is 0.308. The lowest BCUT2D eigenvalue weighted by Crippen LogP contribution is -2.17. The molecule has 0 atom stereocenters. The fourth-order valence-corrected chi connectivity index (χ4v) is 1.67. The number of hydrogen-bond donors (Lipinski definition) is 2. The molecule has 0 spiro atoms. The van der Waals surface area contributed by atoms with E-state index < -0.39 is 0 Å². The number of imidazole rings is 1. The third kappa shape index (κ3) is 2.94. The fourth-order valence-electron chi connectivity index (χ4n) is 1.67. The molecule has 0 aliphatic carbocycles. The molecule has 0 aliphatic heterocycles. The molecule has 0 saturated heterocycles. The van der Waals surface area contributed by atoms with Crippen molar-refractivity contribution in [3.63, 3.8) is 0 Å². The van der Waals surface area contributed by atoms with Gasteiger partial charge in [0, 0.05) is 31.9 Å². The predicted octanol–water partition coefficient (Wildman–Crippen LogP) is 2.05. The summed E-state index contributed by atoms with van der Waals surface area (Å²) in [6.45, 7) is 4.01. The Balaban J connectivity index is 1.74. The number of aromatic amines is 1. The van der Waals surface area contributed by atoms with Crippen molar-refractivity contribution in [1.29, 1.82) is 0 Å². The van der Waals surface area contributed by atoms with Crippen molar-refractivity contribution in [2.45, 2.75) is 19.9 Å². The van der Waals surface area contributed by atoms with E-state index in [0.29, 0.717) is 0 Å². The third-order valence-corrected chi connectivity index (χ3v) is 2.67. The van der Waals surface area contributed by atoms with Crippen LogP contribution in [0.4, 0.5) is 0 Å². The Kier molecular flexibility index (Phi) is 3.72. The molecule has 0 fully saturated rings. The number of aryl methyl sites for hydroxylation is 1. The molecule has 0 unspecified atom stereocenters. The van der Waals surface area contributed by atoms with E-state index in [4.69, 9.17) is 0 Å². The van der Waals surface area contributed by atoms with Gasteiger partial charge in [-0.1, -0.05) is 24.3 Å². The Morgan fingerprint density at radius 1 is 1.31 bits per heavy atom. The van der Waals surface area contributed by atoms with Crippen molar-refractivity contribution in [1.82, 2.24) is 15.3 Å². The third-order valence-electron chi connectivity index (χ3n) is 2.67. The van der Waals surface area contributed by atoms with Crippen LogP contribution in [0.2, 0.25) is 0 Å². The minimum Gasteiger partial charge on any atom is -0.349 e. The summed E-state index contributed by atoms with van der Waals surface area (Å²) in [6, 6.07) is 8.46. The highest BCUT2D eigenvalue weighted by molar-refractivity contribution is 5.25. The molecule has 0 bridgehead atoms. The Hall–Kier alpha value is -1.61. The number of hydrogen-bond acceptors (Lipinski definition) is 2.